The molecule has 1 fully saturated rings. The van der Waals surface area contributed by atoms with Crippen LogP contribution in [0, 0.1) is 5.41 Å². The molecular formula is C23H39NO2. The van der Waals surface area contributed by atoms with Crippen LogP contribution < -0.4 is 4.74 Å². The maximum absolute atomic E-state index is 6.17. The second-order valence-corrected chi connectivity index (χ2v) is 10.1. The Morgan fingerprint density at radius 1 is 1.04 bits per heavy atom. The van der Waals surface area contributed by atoms with Crippen molar-refractivity contribution < 1.29 is 9.47 Å². The molecule has 3 unspecified atom stereocenters. The SMILES string of the molecule is CC(CN1CC(C)OC(C)C1)Oc1ccc(C(C)(C)CC(C)(C)C)cc1. The first-order chi connectivity index (χ1) is 11.9. The van der Waals surface area contributed by atoms with Crippen LogP contribution >= 0.6 is 0 Å². The van der Waals surface area contributed by atoms with Gasteiger partial charge in [0.05, 0.1) is 12.2 Å². The molecule has 1 aromatic carbocycles. The molecule has 148 valence electrons. The molecule has 26 heavy (non-hydrogen) atoms. The van der Waals surface area contributed by atoms with E-state index in [1.165, 1.54) is 5.56 Å². The quantitative estimate of drug-likeness (QED) is 0.688. The molecule has 1 aliphatic heterocycles. The minimum Gasteiger partial charge on any atom is -0.489 e. The fourth-order valence-corrected chi connectivity index (χ4v) is 4.48. The second-order valence-electron chi connectivity index (χ2n) is 10.1. The fourth-order valence-electron chi connectivity index (χ4n) is 4.48. The highest BCUT2D eigenvalue weighted by Gasteiger charge is 2.27. The Hall–Kier alpha value is -1.06. The summed E-state index contributed by atoms with van der Waals surface area (Å²) in [6, 6.07) is 8.71. The zero-order valence-electron chi connectivity index (χ0n) is 18.1. The standard InChI is InChI=1S/C23H39NO2/c1-17-13-24(14-18(2)25-17)15-19(3)26-21-11-9-20(10-12-21)23(7,8)16-22(4,5)6/h9-12,17-19H,13-16H2,1-8H3. The monoisotopic (exact) mass is 361 g/mol. The number of nitrogens with zero attached hydrogens (tertiary/aromatic N) is 1. The molecule has 3 nitrogen and oxygen atoms in total. The molecule has 1 heterocycles. The largest absolute Gasteiger partial charge is 0.489 e. The maximum atomic E-state index is 6.17. The van der Waals surface area contributed by atoms with Gasteiger partial charge in [0.15, 0.2) is 0 Å². The van der Waals surface area contributed by atoms with Crippen LogP contribution in [-0.2, 0) is 10.2 Å². The van der Waals surface area contributed by atoms with E-state index in [0.29, 0.717) is 17.6 Å². The van der Waals surface area contributed by atoms with Crippen molar-refractivity contribution in [2.45, 2.75) is 85.5 Å². The lowest BCUT2D eigenvalue weighted by Gasteiger charge is -2.36. The van der Waals surface area contributed by atoms with Crippen LogP contribution in [0.25, 0.3) is 0 Å². The highest BCUT2D eigenvalue weighted by atomic mass is 16.5. The minimum atomic E-state index is 0.168. The Bertz CT molecular complexity index is 549. The van der Waals surface area contributed by atoms with Crippen LogP contribution in [0.5, 0.6) is 5.75 Å². The number of morpholine rings is 1. The van der Waals surface area contributed by atoms with Crippen LogP contribution in [0.2, 0.25) is 0 Å². The maximum Gasteiger partial charge on any atom is 0.119 e. The lowest BCUT2D eigenvalue weighted by molar-refractivity contribution is -0.0740. The summed E-state index contributed by atoms with van der Waals surface area (Å²) in [5.41, 5.74) is 1.87. The van der Waals surface area contributed by atoms with Crippen LogP contribution in [0.1, 0.15) is 67.4 Å². The van der Waals surface area contributed by atoms with E-state index in [-0.39, 0.29) is 11.5 Å². The van der Waals surface area contributed by atoms with Crippen LogP contribution in [0.15, 0.2) is 24.3 Å². The molecule has 1 aromatic rings. The number of hydrogen-bond acceptors (Lipinski definition) is 3. The summed E-state index contributed by atoms with van der Waals surface area (Å²) in [6.45, 7) is 20.9. The molecule has 0 aliphatic carbocycles. The van der Waals surface area contributed by atoms with Gasteiger partial charge in [-0.25, -0.2) is 0 Å². The Balaban J connectivity index is 1.92. The summed E-state index contributed by atoms with van der Waals surface area (Å²) in [4.78, 5) is 2.45. The molecule has 1 saturated heterocycles. The lowest BCUT2D eigenvalue weighted by Crippen LogP contribution is -2.48. The number of benzene rings is 1. The van der Waals surface area contributed by atoms with Gasteiger partial charge in [-0.15, -0.1) is 0 Å². The van der Waals surface area contributed by atoms with Gasteiger partial charge in [0.2, 0.25) is 0 Å². The molecular weight excluding hydrogens is 322 g/mol. The molecule has 0 saturated carbocycles. The van der Waals surface area contributed by atoms with E-state index < -0.39 is 0 Å². The van der Waals surface area contributed by atoms with E-state index in [1.54, 1.807) is 0 Å². The molecule has 0 radical (unpaired) electrons. The second kappa shape index (κ2) is 8.31. The molecule has 1 aliphatic rings. The van der Waals surface area contributed by atoms with Gasteiger partial charge in [0.1, 0.15) is 11.9 Å². The summed E-state index contributed by atoms with van der Waals surface area (Å²) in [5.74, 6) is 0.960. The van der Waals surface area contributed by atoms with Crippen LogP contribution in [0.4, 0.5) is 0 Å². The zero-order chi connectivity index (χ0) is 19.5. The minimum absolute atomic E-state index is 0.168. The van der Waals surface area contributed by atoms with Crippen molar-refractivity contribution in [1.82, 2.24) is 4.90 Å². The van der Waals surface area contributed by atoms with E-state index in [2.05, 4.69) is 84.6 Å². The molecule has 0 amide bonds. The third-order valence-electron chi connectivity index (χ3n) is 4.96. The first-order valence-corrected chi connectivity index (χ1v) is 10.1. The first kappa shape index (κ1) is 21.2. The Morgan fingerprint density at radius 3 is 2.08 bits per heavy atom. The predicted octanol–water partition coefficient (Wildman–Crippen LogP) is 5.28. The van der Waals surface area contributed by atoms with E-state index in [0.717, 1.165) is 31.8 Å². The van der Waals surface area contributed by atoms with Gasteiger partial charge in [0, 0.05) is 19.6 Å². The lowest BCUT2D eigenvalue weighted by atomic mass is 9.72. The van der Waals surface area contributed by atoms with Crippen molar-refractivity contribution in [2.75, 3.05) is 19.6 Å². The van der Waals surface area contributed by atoms with Gasteiger partial charge >= 0.3 is 0 Å². The summed E-state index contributed by atoms with van der Waals surface area (Å²) in [5, 5.41) is 0. The summed E-state index contributed by atoms with van der Waals surface area (Å²) in [6.07, 6.45) is 1.93. The van der Waals surface area contributed by atoms with E-state index >= 15 is 0 Å². The molecule has 0 spiro atoms. The van der Waals surface area contributed by atoms with Crippen LogP contribution in [0.3, 0.4) is 0 Å². The molecule has 2 rings (SSSR count). The Morgan fingerprint density at radius 2 is 1.58 bits per heavy atom. The number of hydrogen-bond donors (Lipinski definition) is 0. The van der Waals surface area contributed by atoms with Gasteiger partial charge in [-0.05, 0) is 55.7 Å². The van der Waals surface area contributed by atoms with Gasteiger partial charge in [-0.3, -0.25) is 4.90 Å². The highest BCUT2D eigenvalue weighted by molar-refractivity contribution is 5.32. The fraction of sp³-hybridized carbons (Fsp3) is 0.739. The molecule has 3 atom stereocenters. The van der Waals surface area contributed by atoms with Gasteiger partial charge < -0.3 is 9.47 Å². The van der Waals surface area contributed by atoms with Gasteiger partial charge in [-0.2, -0.15) is 0 Å². The number of rotatable bonds is 6. The van der Waals surface area contributed by atoms with E-state index in [9.17, 15) is 0 Å². The summed E-state index contributed by atoms with van der Waals surface area (Å²) < 4.78 is 12.0. The van der Waals surface area contributed by atoms with Crippen molar-refractivity contribution in [3.8, 4) is 5.75 Å². The van der Waals surface area contributed by atoms with E-state index in [4.69, 9.17) is 9.47 Å². The molecule has 3 heteroatoms. The average Bonchev–Trinajstić information content (AvgIpc) is 2.43. The topological polar surface area (TPSA) is 21.7 Å². The average molecular weight is 362 g/mol. The molecule has 0 N–H and O–H groups in total. The highest BCUT2D eigenvalue weighted by Crippen LogP contribution is 2.36. The molecule has 0 aromatic heterocycles. The van der Waals surface area contributed by atoms with E-state index in [1.807, 2.05) is 0 Å². The first-order valence-electron chi connectivity index (χ1n) is 10.1. The van der Waals surface area contributed by atoms with Crippen molar-refractivity contribution in [3.05, 3.63) is 29.8 Å². The van der Waals surface area contributed by atoms with Crippen molar-refractivity contribution in [1.29, 1.82) is 0 Å². The predicted molar refractivity (Wildman–Crippen MR) is 110 cm³/mol. The Labute approximate surface area is 161 Å². The number of ether oxygens (including phenoxy) is 2. The van der Waals surface area contributed by atoms with Crippen molar-refractivity contribution >= 4 is 0 Å². The third-order valence-corrected chi connectivity index (χ3v) is 4.96. The van der Waals surface area contributed by atoms with Crippen molar-refractivity contribution in [3.63, 3.8) is 0 Å². The summed E-state index contributed by atoms with van der Waals surface area (Å²) in [7, 11) is 0. The zero-order valence-corrected chi connectivity index (χ0v) is 18.1. The van der Waals surface area contributed by atoms with Gasteiger partial charge in [0.25, 0.3) is 0 Å². The third kappa shape index (κ3) is 6.59. The van der Waals surface area contributed by atoms with Crippen LogP contribution in [-0.4, -0.2) is 42.8 Å². The summed E-state index contributed by atoms with van der Waals surface area (Å²) >= 11 is 0. The van der Waals surface area contributed by atoms with Gasteiger partial charge in [-0.1, -0.05) is 46.8 Å². The Kier molecular flexibility index (Phi) is 6.79. The normalized spacial score (nSPS) is 23.7. The van der Waals surface area contributed by atoms with Crippen molar-refractivity contribution in [2.24, 2.45) is 5.41 Å². The molecule has 0 bridgehead atoms. The smallest absolute Gasteiger partial charge is 0.119 e.